The first kappa shape index (κ1) is 13.4. The number of benzene rings is 1. The van der Waals surface area contributed by atoms with E-state index in [-0.39, 0.29) is 5.91 Å². The summed E-state index contributed by atoms with van der Waals surface area (Å²) in [5.41, 5.74) is 1.49. The van der Waals surface area contributed by atoms with Crippen molar-refractivity contribution >= 4 is 23.6 Å². The van der Waals surface area contributed by atoms with Crippen molar-refractivity contribution in [3.63, 3.8) is 0 Å². The third-order valence-corrected chi connectivity index (χ3v) is 3.51. The number of rotatable bonds is 4. The summed E-state index contributed by atoms with van der Waals surface area (Å²) in [6, 6.07) is 7.25. The van der Waals surface area contributed by atoms with Crippen molar-refractivity contribution in [3.8, 4) is 5.69 Å². The van der Waals surface area contributed by atoms with Crippen LogP contribution in [0.1, 0.15) is 10.4 Å². The van der Waals surface area contributed by atoms with Gasteiger partial charge in [-0.1, -0.05) is 11.8 Å². The van der Waals surface area contributed by atoms with Crippen molar-refractivity contribution in [2.24, 2.45) is 0 Å². The maximum atomic E-state index is 12.0. The summed E-state index contributed by atoms with van der Waals surface area (Å²) < 4.78 is 1.96. The predicted octanol–water partition coefficient (Wildman–Crippen LogP) is 1.96. The van der Waals surface area contributed by atoms with Crippen LogP contribution in [0.25, 0.3) is 5.69 Å². The molecule has 3 rings (SSSR count). The Labute approximate surface area is 124 Å². The topological polar surface area (TPSA) is 88.5 Å². The second-order valence-electron chi connectivity index (χ2n) is 4.12. The molecule has 0 radical (unpaired) electrons. The fourth-order valence-corrected chi connectivity index (χ4v) is 2.39. The van der Waals surface area contributed by atoms with Gasteiger partial charge in [-0.3, -0.25) is 14.7 Å². The normalized spacial score (nSPS) is 10.5. The van der Waals surface area contributed by atoms with Crippen LogP contribution in [0.15, 0.2) is 48.1 Å². The second-order valence-corrected chi connectivity index (χ2v) is 4.89. The van der Waals surface area contributed by atoms with E-state index in [0.29, 0.717) is 11.5 Å². The summed E-state index contributed by atoms with van der Waals surface area (Å²) in [7, 11) is 0. The molecule has 0 spiro atoms. The number of nitrogens with zero attached hydrogens (tertiary/aromatic N) is 4. The van der Waals surface area contributed by atoms with Crippen molar-refractivity contribution < 1.29 is 4.79 Å². The molecule has 0 saturated heterocycles. The molecule has 0 saturated carbocycles. The maximum absolute atomic E-state index is 12.0. The molecule has 0 atom stereocenters. The summed E-state index contributed by atoms with van der Waals surface area (Å²) in [5, 5.41) is 9.77. The van der Waals surface area contributed by atoms with Crippen LogP contribution in [0.5, 0.6) is 0 Å². The molecule has 2 N–H and O–H groups in total. The van der Waals surface area contributed by atoms with Crippen LogP contribution < -0.4 is 5.32 Å². The first-order valence-electron chi connectivity index (χ1n) is 6.12. The number of hydrogen-bond acceptors (Lipinski definition) is 5. The highest BCUT2D eigenvalue weighted by Crippen LogP contribution is 2.18. The number of hydrogen-bond donors (Lipinski definition) is 2. The summed E-state index contributed by atoms with van der Waals surface area (Å²) in [6.07, 6.45) is 6.94. The van der Waals surface area contributed by atoms with Crippen LogP contribution in [0.3, 0.4) is 0 Å². The molecular weight excluding hydrogens is 288 g/mol. The highest BCUT2D eigenvalue weighted by atomic mass is 32.2. The quantitative estimate of drug-likeness (QED) is 0.719. The van der Waals surface area contributed by atoms with E-state index < -0.39 is 0 Å². The Morgan fingerprint density at radius 3 is 2.76 bits per heavy atom. The zero-order valence-corrected chi connectivity index (χ0v) is 12.0. The molecule has 0 aliphatic rings. The molecule has 0 unspecified atom stereocenters. The van der Waals surface area contributed by atoms with Crippen molar-refractivity contribution in [1.82, 2.24) is 24.7 Å². The predicted molar refractivity (Wildman–Crippen MR) is 79.7 cm³/mol. The Bertz CT molecular complexity index is 734. The third kappa shape index (κ3) is 2.79. The highest BCUT2D eigenvalue weighted by Gasteiger charge is 2.09. The zero-order chi connectivity index (χ0) is 14.7. The lowest BCUT2D eigenvalue weighted by Gasteiger charge is -2.07. The Hall–Kier alpha value is -2.61. The lowest BCUT2D eigenvalue weighted by Crippen LogP contribution is -2.13. The minimum Gasteiger partial charge on any atom is -0.295 e. The number of aromatic nitrogens is 5. The summed E-state index contributed by atoms with van der Waals surface area (Å²) >= 11 is 1.56. The Balaban J connectivity index is 1.79. The van der Waals surface area contributed by atoms with Crippen LogP contribution in [0.2, 0.25) is 0 Å². The Kier molecular flexibility index (Phi) is 3.69. The van der Waals surface area contributed by atoms with E-state index in [2.05, 4.69) is 25.5 Å². The first-order chi connectivity index (χ1) is 10.3. The number of carbonyl (C=O) groups excluding carboxylic acids is 1. The monoisotopic (exact) mass is 300 g/mol. The van der Waals surface area contributed by atoms with Crippen molar-refractivity contribution in [2.75, 3.05) is 11.6 Å². The summed E-state index contributed by atoms with van der Waals surface area (Å²) in [5.74, 6) is 0.0809. The van der Waals surface area contributed by atoms with Crippen LogP contribution in [-0.4, -0.2) is 36.9 Å². The van der Waals surface area contributed by atoms with E-state index >= 15 is 0 Å². The van der Waals surface area contributed by atoms with Gasteiger partial charge in [0.05, 0.1) is 0 Å². The average molecular weight is 300 g/mol. The SMILES string of the molecule is CSc1nccn1-c1ccc(C(=O)Nc2ncn[nH]2)cc1. The van der Waals surface area contributed by atoms with E-state index in [0.717, 1.165) is 10.8 Å². The minimum absolute atomic E-state index is 0.242. The van der Waals surface area contributed by atoms with E-state index in [9.17, 15) is 4.79 Å². The van der Waals surface area contributed by atoms with Gasteiger partial charge in [0.25, 0.3) is 5.91 Å². The lowest BCUT2D eigenvalue weighted by molar-refractivity contribution is 0.102. The van der Waals surface area contributed by atoms with E-state index in [1.165, 1.54) is 6.33 Å². The molecule has 21 heavy (non-hydrogen) atoms. The molecule has 1 aromatic carbocycles. The van der Waals surface area contributed by atoms with Crippen molar-refractivity contribution in [2.45, 2.75) is 5.16 Å². The lowest BCUT2D eigenvalue weighted by atomic mass is 10.2. The zero-order valence-electron chi connectivity index (χ0n) is 11.1. The standard InChI is InChI=1S/C13H12N6OS/c1-21-13-14-6-7-19(13)10-4-2-9(3-5-10)11(20)17-12-15-8-16-18-12/h2-8H,1H3,(H2,15,16,17,18,20). The second kappa shape index (κ2) is 5.80. The average Bonchev–Trinajstić information content (AvgIpc) is 3.18. The molecule has 7 nitrogen and oxygen atoms in total. The van der Waals surface area contributed by atoms with Gasteiger partial charge in [0.15, 0.2) is 5.16 Å². The van der Waals surface area contributed by atoms with Gasteiger partial charge in [-0.05, 0) is 30.5 Å². The van der Waals surface area contributed by atoms with Gasteiger partial charge >= 0.3 is 0 Å². The number of H-pyrrole nitrogens is 1. The van der Waals surface area contributed by atoms with Gasteiger partial charge in [0.2, 0.25) is 5.95 Å². The molecule has 1 amide bonds. The number of aromatic amines is 1. The van der Waals surface area contributed by atoms with Gasteiger partial charge in [0.1, 0.15) is 6.33 Å². The molecule has 3 aromatic rings. The Morgan fingerprint density at radius 1 is 1.29 bits per heavy atom. The van der Waals surface area contributed by atoms with Gasteiger partial charge in [-0.2, -0.15) is 10.1 Å². The molecule has 0 aliphatic heterocycles. The number of amides is 1. The first-order valence-corrected chi connectivity index (χ1v) is 7.35. The molecule has 0 bridgehead atoms. The maximum Gasteiger partial charge on any atom is 0.258 e. The van der Waals surface area contributed by atoms with Crippen molar-refractivity contribution in [3.05, 3.63) is 48.5 Å². The fraction of sp³-hybridized carbons (Fsp3) is 0.0769. The third-order valence-electron chi connectivity index (χ3n) is 2.84. The van der Waals surface area contributed by atoms with E-state index in [4.69, 9.17) is 0 Å². The van der Waals surface area contributed by atoms with Crippen LogP contribution in [0.4, 0.5) is 5.95 Å². The Morgan fingerprint density at radius 2 is 2.10 bits per heavy atom. The summed E-state index contributed by atoms with van der Waals surface area (Å²) in [6.45, 7) is 0. The number of imidazole rings is 1. The van der Waals surface area contributed by atoms with Crippen LogP contribution in [-0.2, 0) is 0 Å². The number of thioether (sulfide) groups is 1. The molecule has 2 heterocycles. The molecule has 2 aromatic heterocycles. The molecule has 8 heteroatoms. The van der Waals surface area contributed by atoms with E-state index in [1.54, 1.807) is 30.1 Å². The van der Waals surface area contributed by atoms with Gasteiger partial charge in [-0.15, -0.1) is 0 Å². The number of nitrogens with one attached hydrogen (secondary N) is 2. The van der Waals surface area contributed by atoms with Gasteiger partial charge < -0.3 is 0 Å². The highest BCUT2D eigenvalue weighted by molar-refractivity contribution is 7.98. The molecule has 106 valence electrons. The van der Waals surface area contributed by atoms with E-state index in [1.807, 2.05) is 29.2 Å². The molecular formula is C13H12N6OS. The largest absolute Gasteiger partial charge is 0.295 e. The van der Waals surface area contributed by atoms with Gasteiger partial charge in [-0.25, -0.2) is 10.1 Å². The molecule has 0 aliphatic carbocycles. The number of carbonyl (C=O) groups is 1. The van der Waals surface area contributed by atoms with Crippen molar-refractivity contribution in [1.29, 1.82) is 0 Å². The van der Waals surface area contributed by atoms with Crippen LogP contribution in [0, 0.1) is 0 Å². The summed E-state index contributed by atoms with van der Waals surface area (Å²) in [4.78, 5) is 20.1. The smallest absolute Gasteiger partial charge is 0.258 e. The fourth-order valence-electron chi connectivity index (χ4n) is 1.86. The molecule has 0 fully saturated rings. The number of anilines is 1. The van der Waals surface area contributed by atoms with Gasteiger partial charge in [0, 0.05) is 23.6 Å². The van der Waals surface area contributed by atoms with Crippen LogP contribution >= 0.6 is 11.8 Å². The minimum atomic E-state index is -0.242.